The number of hydrogen-bond donors (Lipinski definition) is 4. The Balaban J connectivity index is 2.03. The Morgan fingerprint density at radius 3 is 2.22 bits per heavy atom. The molecule has 2 fully saturated rings. The van der Waals surface area contributed by atoms with Gasteiger partial charge in [-0.25, -0.2) is 4.79 Å². The zero-order valence-corrected chi connectivity index (χ0v) is 4.82. The molecular weight excluding hydrogens is 120 g/mol. The van der Waals surface area contributed by atoms with Crippen LogP contribution >= 0.6 is 0 Å². The fraction of sp³-hybridized carbons (Fsp3) is 0.750. The van der Waals surface area contributed by atoms with Gasteiger partial charge in [-0.2, -0.15) is 0 Å². The van der Waals surface area contributed by atoms with Crippen molar-refractivity contribution in [1.82, 2.24) is 21.3 Å². The van der Waals surface area contributed by atoms with Crippen molar-refractivity contribution < 1.29 is 4.79 Å². The molecule has 0 unspecified atom stereocenters. The lowest BCUT2D eigenvalue weighted by Crippen LogP contribution is -2.83. The largest absolute Gasteiger partial charge is 0.322 e. The normalized spacial score (nSPS) is 29.1. The highest BCUT2D eigenvalue weighted by Gasteiger charge is 2.43. The molecule has 0 aromatic carbocycles. The van der Waals surface area contributed by atoms with Crippen molar-refractivity contribution in [3.8, 4) is 0 Å². The van der Waals surface area contributed by atoms with Crippen molar-refractivity contribution in [3.63, 3.8) is 0 Å². The SMILES string of the molecule is O=C1NC2(NCCN2)N1. The van der Waals surface area contributed by atoms with Gasteiger partial charge < -0.3 is 0 Å². The van der Waals surface area contributed by atoms with Gasteiger partial charge in [0, 0.05) is 13.1 Å². The molecule has 0 radical (unpaired) electrons. The minimum Gasteiger partial charge on any atom is -0.289 e. The van der Waals surface area contributed by atoms with Crippen molar-refractivity contribution in [2.75, 3.05) is 13.1 Å². The molecule has 0 atom stereocenters. The lowest BCUT2D eigenvalue weighted by molar-refractivity contribution is 0.132. The average molecular weight is 128 g/mol. The minimum atomic E-state index is -0.461. The maximum atomic E-state index is 10.4. The van der Waals surface area contributed by atoms with E-state index in [2.05, 4.69) is 21.3 Å². The first-order valence-electron chi connectivity index (χ1n) is 2.91. The van der Waals surface area contributed by atoms with Crippen LogP contribution in [0.1, 0.15) is 0 Å². The fourth-order valence-corrected chi connectivity index (χ4v) is 1.08. The van der Waals surface area contributed by atoms with Crippen LogP contribution < -0.4 is 21.3 Å². The Kier molecular flexibility index (Phi) is 0.762. The van der Waals surface area contributed by atoms with Gasteiger partial charge in [0.2, 0.25) is 5.91 Å². The number of carbonyl (C=O) groups excluding carboxylic acids is 1. The molecule has 4 N–H and O–H groups in total. The molecule has 2 saturated heterocycles. The molecule has 2 heterocycles. The highest BCUT2D eigenvalue weighted by molar-refractivity contribution is 5.81. The van der Waals surface area contributed by atoms with Gasteiger partial charge >= 0.3 is 6.03 Å². The summed E-state index contributed by atoms with van der Waals surface area (Å²) in [5.41, 5.74) is 0. The number of nitrogens with one attached hydrogen (secondary N) is 4. The molecule has 0 aromatic heterocycles. The van der Waals surface area contributed by atoms with Crippen LogP contribution in [-0.4, -0.2) is 25.0 Å². The highest BCUT2D eigenvalue weighted by atomic mass is 16.2. The van der Waals surface area contributed by atoms with Crippen molar-refractivity contribution >= 4 is 6.03 Å². The lowest BCUT2D eigenvalue weighted by atomic mass is 10.5. The van der Waals surface area contributed by atoms with Gasteiger partial charge in [0.25, 0.3) is 0 Å². The van der Waals surface area contributed by atoms with Crippen LogP contribution in [0.3, 0.4) is 0 Å². The molecule has 0 aromatic rings. The predicted octanol–water partition coefficient (Wildman–Crippen LogP) is -1.90. The summed E-state index contributed by atoms with van der Waals surface area (Å²) in [7, 11) is 0. The fourth-order valence-electron chi connectivity index (χ4n) is 1.08. The Labute approximate surface area is 52.2 Å². The van der Waals surface area contributed by atoms with Crippen LogP contribution in [0.4, 0.5) is 4.79 Å². The molecule has 5 heteroatoms. The number of rotatable bonds is 0. The Morgan fingerprint density at radius 1 is 1.22 bits per heavy atom. The molecule has 0 bridgehead atoms. The summed E-state index contributed by atoms with van der Waals surface area (Å²) in [5.74, 6) is -0.461. The Morgan fingerprint density at radius 2 is 1.78 bits per heavy atom. The van der Waals surface area contributed by atoms with Gasteiger partial charge in [-0.1, -0.05) is 0 Å². The lowest BCUT2D eigenvalue weighted by Gasteiger charge is -2.39. The molecule has 50 valence electrons. The summed E-state index contributed by atoms with van der Waals surface area (Å²) < 4.78 is 0. The predicted molar refractivity (Wildman–Crippen MR) is 30.4 cm³/mol. The van der Waals surface area contributed by atoms with Gasteiger partial charge in [-0.3, -0.25) is 21.3 Å². The zero-order chi connectivity index (χ0) is 6.32. The van der Waals surface area contributed by atoms with Crippen LogP contribution in [0.15, 0.2) is 0 Å². The van der Waals surface area contributed by atoms with E-state index in [1.807, 2.05) is 0 Å². The van der Waals surface area contributed by atoms with Crippen LogP contribution in [0.25, 0.3) is 0 Å². The maximum absolute atomic E-state index is 10.4. The summed E-state index contributed by atoms with van der Waals surface area (Å²) >= 11 is 0. The maximum Gasteiger partial charge on any atom is 0.322 e. The van der Waals surface area contributed by atoms with E-state index in [4.69, 9.17) is 0 Å². The second-order valence-electron chi connectivity index (χ2n) is 2.18. The minimum absolute atomic E-state index is 0.128. The van der Waals surface area contributed by atoms with E-state index in [1.165, 1.54) is 0 Å². The highest BCUT2D eigenvalue weighted by Crippen LogP contribution is 2.02. The van der Waals surface area contributed by atoms with E-state index in [9.17, 15) is 4.79 Å². The van der Waals surface area contributed by atoms with E-state index in [-0.39, 0.29) is 6.03 Å². The Bertz CT molecular complexity index is 141. The molecular formula is C4H8N4O. The van der Waals surface area contributed by atoms with Gasteiger partial charge in [0.05, 0.1) is 0 Å². The van der Waals surface area contributed by atoms with Gasteiger partial charge in [-0.05, 0) is 0 Å². The van der Waals surface area contributed by atoms with Crippen molar-refractivity contribution in [2.24, 2.45) is 0 Å². The van der Waals surface area contributed by atoms with E-state index in [1.54, 1.807) is 0 Å². The quantitative estimate of drug-likeness (QED) is 0.308. The molecule has 2 aliphatic heterocycles. The average Bonchev–Trinajstić information content (AvgIpc) is 2.12. The first kappa shape index (κ1) is 5.01. The number of urea groups is 1. The zero-order valence-electron chi connectivity index (χ0n) is 4.82. The van der Waals surface area contributed by atoms with Crippen LogP contribution in [0, 0.1) is 0 Å². The van der Waals surface area contributed by atoms with Crippen LogP contribution in [0.2, 0.25) is 0 Å². The van der Waals surface area contributed by atoms with Gasteiger partial charge in [0.15, 0.2) is 0 Å². The molecule has 2 amide bonds. The third-order valence-corrected chi connectivity index (χ3v) is 1.51. The molecule has 0 aliphatic carbocycles. The third-order valence-electron chi connectivity index (χ3n) is 1.51. The van der Waals surface area contributed by atoms with E-state index in [0.717, 1.165) is 13.1 Å². The second-order valence-corrected chi connectivity index (χ2v) is 2.18. The summed E-state index contributed by atoms with van der Waals surface area (Å²) in [5, 5.41) is 11.4. The topological polar surface area (TPSA) is 65.2 Å². The summed E-state index contributed by atoms with van der Waals surface area (Å²) in [4.78, 5) is 10.4. The van der Waals surface area contributed by atoms with Crippen molar-refractivity contribution in [2.45, 2.75) is 5.91 Å². The van der Waals surface area contributed by atoms with E-state index < -0.39 is 5.91 Å². The van der Waals surface area contributed by atoms with Crippen molar-refractivity contribution in [1.29, 1.82) is 0 Å². The first-order valence-corrected chi connectivity index (χ1v) is 2.91. The number of amides is 2. The molecule has 2 aliphatic rings. The number of carbonyl (C=O) groups is 1. The molecule has 1 spiro atoms. The van der Waals surface area contributed by atoms with E-state index in [0.29, 0.717) is 0 Å². The van der Waals surface area contributed by atoms with E-state index >= 15 is 0 Å². The number of hydrogen-bond acceptors (Lipinski definition) is 3. The summed E-state index contributed by atoms with van der Waals surface area (Å²) in [6.07, 6.45) is 0. The summed E-state index contributed by atoms with van der Waals surface area (Å²) in [6, 6.07) is -0.128. The molecule has 2 rings (SSSR count). The van der Waals surface area contributed by atoms with Gasteiger partial charge in [0.1, 0.15) is 0 Å². The third kappa shape index (κ3) is 0.585. The Hall–Kier alpha value is -0.810. The smallest absolute Gasteiger partial charge is 0.289 e. The first-order chi connectivity index (χ1) is 4.31. The van der Waals surface area contributed by atoms with Gasteiger partial charge in [-0.15, -0.1) is 0 Å². The molecule has 9 heavy (non-hydrogen) atoms. The summed E-state index contributed by atoms with van der Waals surface area (Å²) in [6.45, 7) is 1.76. The van der Waals surface area contributed by atoms with Crippen molar-refractivity contribution in [3.05, 3.63) is 0 Å². The van der Waals surface area contributed by atoms with Crippen LogP contribution in [0.5, 0.6) is 0 Å². The second kappa shape index (κ2) is 1.37. The molecule has 0 saturated carbocycles. The standard InChI is InChI=1S/C4H8N4O/c9-3-7-4(8-3)5-1-2-6-4/h5-6H,1-2H2,(H2,7,8,9). The monoisotopic (exact) mass is 128 g/mol. The molecule has 5 nitrogen and oxygen atoms in total. The van der Waals surface area contributed by atoms with Crippen LogP contribution in [-0.2, 0) is 0 Å².